The molecule has 1 aromatic carbocycles. The summed E-state index contributed by atoms with van der Waals surface area (Å²) >= 11 is 0. The Kier molecular flexibility index (Phi) is 5.35. The number of nitrogens with zero attached hydrogens (tertiary/aromatic N) is 4. The number of rotatable bonds is 6. The second-order valence-corrected chi connectivity index (χ2v) is 7.66. The number of hydrogen-bond acceptors (Lipinski definition) is 3. The van der Waals surface area contributed by atoms with Crippen LogP contribution in [0.4, 0.5) is 0 Å². The van der Waals surface area contributed by atoms with Crippen LogP contribution >= 0.6 is 0 Å². The third-order valence-corrected chi connectivity index (χ3v) is 5.42. The van der Waals surface area contributed by atoms with E-state index in [1.807, 2.05) is 12.4 Å². The van der Waals surface area contributed by atoms with E-state index in [0.29, 0.717) is 12.0 Å². The summed E-state index contributed by atoms with van der Waals surface area (Å²) in [5.74, 6) is 2.41. The lowest BCUT2D eigenvalue weighted by molar-refractivity contribution is 0.256. The zero-order valence-corrected chi connectivity index (χ0v) is 16.3. The SMILES string of the molecule is CC(C)c1nccn1-c1cccc(C2CCCN2CCc2ccccc2)n1. The van der Waals surface area contributed by atoms with Crippen molar-refractivity contribution in [3.8, 4) is 5.82 Å². The summed E-state index contributed by atoms with van der Waals surface area (Å²) in [7, 11) is 0. The highest BCUT2D eigenvalue weighted by molar-refractivity contribution is 5.29. The Hall–Kier alpha value is -2.46. The van der Waals surface area contributed by atoms with Gasteiger partial charge in [0.15, 0.2) is 0 Å². The molecule has 0 amide bonds. The summed E-state index contributed by atoms with van der Waals surface area (Å²) in [5, 5.41) is 0. The van der Waals surface area contributed by atoms with E-state index < -0.39 is 0 Å². The zero-order chi connectivity index (χ0) is 18.6. The summed E-state index contributed by atoms with van der Waals surface area (Å²) in [6.45, 7) is 6.59. The molecule has 0 spiro atoms. The summed E-state index contributed by atoms with van der Waals surface area (Å²) in [6, 6.07) is 17.6. The van der Waals surface area contributed by atoms with E-state index in [9.17, 15) is 0 Å². The van der Waals surface area contributed by atoms with Crippen molar-refractivity contribution >= 4 is 0 Å². The standard InChI is InChI=1S/C23H28N4/c1-18(2)23-24-14-17-27(23)22-12-6-10-20(25-22)21-11-7-15-26(21)16-13-19-8-4-3-5-9-19/h3-6,8-10,12,14,17-18,21H,7,11,13,15-16H2,1-2H3. The molecule has 3 heterocycles. The predicted octanol–water partition coefficient (Wildman–Crippen LogP) is 4.77. The highest BCUT2D eigenvalue weighted by atomic mass is 15.2. The van der Waals surface area contributed by atoms with E-state index in [2.05, 4.69) is 76.8 Å². The topological polar surface area (TPSA) is 34.0 Å². The van der Waals surface area contributed by atoms with Crippen LogP contribution in [-0.4, -0.2) is 32.5 Å². The van der Waals surface area contributed by atoms with Crippen LogP contribution in [0.3, 0.4) is 0 Å². The van der Waals surface area contributed by atoms with Crippen LogP contribution in [0.5, 0.6) is 0 Å². The lowest BCUT2D eigenvalue weighted by Gasteiger charge is -2.24. The van der Waals surface area contributed by atoms with Crippen molar-refractivity contribution in [3.05, 3.63) is 78.0 Å². The van der Waals surface area contributed by atoms with Crippen LogP contribution in [0.15, 0.2) is 60.9 Å². The summed E-state index contributed by atoms with van der Waals surface area (Å²) < 4.78 is 2.12. The molecule has 4 rings (SSSR count). The van der Waals surface area contributed by atoms with Gasteiger partial charge in [0.1, 0.15) is 11.6 Å². The minimum absolute atomic E-state index is 0.374. The minimum atomic E-state index is 0.374. The number of aromatic nitrogens is 3. The van der Waals surface area contributed by atoms with Crippen molar-refractivity contribution in [2.24, 2.45) is 0 Å². The van der Waals surface area contributed by atoms with Gasteiger partial charge in [-0.05, 0) is 43.5 Å². The van der Waals surface area contributed by atoms with E-state index in [-0.39, 0.29) is 0 Å². The largest absolute Gasteiger partial charge is 0.294 e. The fourth-order valence-electron chi connectivity index (χ4n) is 4.04. The first-order chi connectivity index (χ1) is 13.2. The van der Waals surface area contributed by atoms with Gasteiger partial charge in [0.25, 0.3) is 0 Å². The van der Waals surface area contributed by atoms with Crippen LogP contribution in [0.25, 0.3) is 5.82 Å². The monoisotopic (exact) mass is 360 g/mol. The lowest BCUT2D eigenvalue weighted by atomic mass is 10.1. The Morgan fingerprint density at radius 3 is 2.74 bits per heavy atom. The fraction of sp³-hybridized carbons (Fsp3) is 0.391. The average molecular weight is 361 g/mol. The van der Waals surface area contributed by atoms with Crippen LogP contribution in [0.1, 0.15) is 55.7 Å². The van der Waals surface area contributed by atoms with Crippen molar-refractivity contribution < 1.29 is 0 Å². The molecular weight excluding hydrogens is 332 g/mol. The molecule has 1 aliphatic heterocycles. The van der Waals surface area contributed by atoms with Crippen LogP contribution < -0.4 is 0 Å². The molecule has 0 radical (unpaired) electrons. The van der Waals surface area contributed by atoms with Gasteiger partial charge in [-0.2, -0.15) is 0 Å². The normalized spacial score (nSPS) is 17.7. The molecule has 1 unspecified atom stereocenters. The van der Waals surface area contributed by atoms with Crippen LogP contribution in [0.2, 0.25) is 0 Å². The molecular formula is C23H28N4. The zero-order valence-electron chi connectivity index (χ0n) is 16.3. The van der Waals surface area contributed by atoms with Gasteiger partial charge in [0, 0.05) is 24.9 Å². The van der Waals surface area contributed by atoms with E-state index >= 15 is 0 Å². The summed E-state index contributed by atoms with van der Waals surface area (Å²) in [4.78, 5) is 12.1. The van der Waals surface area contributed by atoms with Crippen molar-refractivity contribution in [1.82, 2.24) is 19.4 Å². The van der Waals surface area contributed by atoms with Gasteiger partial charge in [-0.15, -0.1) is 0 Å². The maximum atomic E-state index is 5.03. The molecule has 0 saturated carbocycles. The van der Waals surface area contributed by atoms with Crippen molar-refractivity contribution in [2.75, 3.05) is 13.1 Å². The van der Waals surface area contributed by atoms with E-state index in [0.717, 1.165) is 31.2 Å². The molecule has 27 heavy (non-hydrogen) atoms. The first kappa shape index (κ1) is 17.9. The second kappa shape index (κ2) is 8.05. The number of benzene rings is 1. The minimum Gasteiger partial charge on any atom is -0.294 e. The number of pyridine rings is 1. The molecule has 0 aliphatic carbocycles. The van der Waals surface area contributed by atoms with Gasteiger partial charge in [0.2, 0.25) is 0 Å². The van der Waals surface area contributed by atoms with Gasteiger partial charge in [-0.25, -0.2) is 9.97 Å². The Balaban J connectivity index is 1.53. The summed E-state index contributed by atoms with van der Waals surface area (Å²) in [6.07, 6.45) is 7.41. The fourth-order valence-corrected chi connectivity index (χ4v) is 4.04. The third kappa shape index (κ3) is 3.96. The molecule has 3 aromatic rings. The Morgan fingerprint density at radius 1 is 1.07 bits per heavy atom. The quantitative estimate of drug-likeness (QED) is 0.635. The van der Waals surface area contributed by atoms with E-state index in [1.165, 1.54) is 24.1 Å². The summed E-state index contributed by atoms with van der Waals surface area (Å²) in [5.41, 5.74) is 2.59. The number of hydrogen-bond donors (Lipinski definition) is 0. The Morgan fingerprint density at radius 2 is 1.93 bits per heavy atom. The average Bonchev–Trinajstić information content (AvgIpc) is 3.37. The van der Waals surface area contributed by atoms with Gasteiger partial charge in [-0.1, -0.05) is 50.2 Å². The van der Waals surface area contributed by atoms with Gasteiger partial charge in [-0.3, -0.25) is 9.47 Å². The van der Waals surface area contributed by atoms with Gasteiger partial charge in [0.05, 0.1) is 11.7 Å². The van der Waals surface area contributed by atoms with E-state index in [4.69, 9.17) is 4.98 Å². The number of imidazole rings is 1. The van der Waals surface area contributed by atoms with Gasteiger partial charge >= 0.3 is 0 Å². The van der Waals surface area contributed by atoms with Crippen molar-refractivity contribution in [1.29, 1.82) is 0 Å². The predicted molar refractivity (Wildman–Crippen MR) is 109 cm³/mol. The first-order valence-corrected chi connectivity index (χ1v) is 10.0. The molecule has 1 saturated heterocycles. The molecule has 0 bridgehead atoms. The molecule has 140 valence electrons. The molecule has 2 aromatic heterocycles. The van der Waals surface area contributed by atoms with E-state index in [1.54, 1.807) is 0 Å². The third-order valence-electron chi connectivity index (χ3n) is 5.42. The molecule has 4 heteroatoms. The second-order valence-electron chi connectivity index (χ2n) is 7.66. The maximum Gasteiger partial charge on any atom is 0.138 e. The van der Waals surface area contributed by atoms with Crippen LogP contribution in [-0.2, 0) is 6.42 Å². The Bertz CT molecular complexity index is 869. The molecule has 4 nitrogen and oxygen atoms in total. The highest BCUT2D eigenvalue weighted by Crippen LogP contribution is 2.31. The maximum absolute atomic E-state index is 5.03. The molecule has 0 N–H and O–H groups in total. The smallest absolute Gasteiger partial charge is 0.138 e. The van der Waals surface area contributed by atoms with Crippen LogP contribution in [0, 0.1) is 0 Å². The molecule has 1 aliphatic rings. The van der Waals surface area contributed by atoms with Gasteiger partial charge < -0.3 is 0 Å². The Labute approximate surface area is 161 Å². The number of likely N-dealkylation sites (tertiary alicyclic amines) is 1. The molecule has 1 atom stereocenters. The lowest BCUT2D eigenvalue weighted by Crippen LogP contribution is -2.26. The first-order valence-electron chi connectivity index (χ1n) is 10.0. The van der Waals surface area contributed by atoms with Crippen molar-refractivity contribution in [3.63, 3.8) is 0 Å². The van der Waals surface area contributed by atoms with Crippen molar-refractivity contribution in [2.45, 2.75) is 45.1 Å². The highest BCUT2D eigenvalue weighted by Gasteiger charge is 2.27. The molecule has 1 fully saturated rings.